The fourth-order valence-electron chi connectivity index (χ4n) is 2.64. The van der Waals surface area contributed by atoms with Crippen molar-refractivity contribution >= 4 is 0 Å². The first-order valence-corrected chi connectivity index (χ1v) is 9.00. The lowest BCUT2D eigenvalue weighted by Crippen LogP contribution is -2.24. The van der Waals surface area contributed by atoms with Crippen molar-refractivity contribution in [2.24, 2.45) is 0 Å². The quantitative estimate of drug-likeness (QED) is 0.399. The SMILES string of the molecule is CCCCCCCCCCCCN(C)CCCN(C)C. The minimum absolute atomic E-state index is 1.21. The fraction of sp³-hybridized carbons (Fsp3) is 1.00. The van der Waals surface area contributed by atoms with E-state index in [1.165, 1.54) is 90.3 Å². The first kappa shape index (κ1) is 19.9. The zero-order valence-corrected chi connectivity index (χ0v) is 14.8. The third kappa shape index (κ3) is 16.0. The van der Waals surface area contributed by atoms with E-state index in [1.807, 2.05) is 0 Å². The molecular weight excluding hydrogens is 244 g/mol. The van der Waals surface area contributed by atoms with Crippen molar-refractivity contribution in [1.29, 1.82) is 0 Å². The molecule has 2 nitrogen and oxygen atoms in total. The standard InChI is InChI=1S/C18H40N2/c1-5-6-7-8-9-10-11-12-13-14-17-20(4)18-15-16-19(2)3/h5-18H2,1-4H3. The Kier molecular flexibility index (Phi) is 15.3. The Balaban J connectivity index is 3.11. The molecule has 122 valence electrons. The van der Waals surface area contributed by atoms with Crippen LogP contribution >= 0.6 is 0 Å². The van der Waals surface area contributed by atoms with Gasteiger partial charge in [0.05, 0.1) is 0 Å². The molecule has 0 heterocycles. The molecule has 0 aliphatic heterocycles. The van der Waals surface area contributed by atoms with Crippen LogP contribution in [0.5, 0.6) is 0 Å². The van der Waals surface area contributed by atoms with Crippen LogP contribution in [0.25, 0.3) is 0 Å². The summed E-state index contributed by atoms with van der Waals surface area (Å²) >= 11 is 0. The summed E-state index contributed by atoms with van der Waals surface area (Å²) in [6.45, 7) is 6.03. The Morgan fingerprint density at radius 2 is 0.950 bits per heavy atom. The summed E-state index contributed by atoms with van der Waals surface area (Å²) in [4.78, 5) is 4.77. The van der Waals surface area contributed by atoms with E-state index in [9.17, 15) is 0 Å². The second-order valence-corrected chi connectivity index (χ2v) is 6.64. The predicted molar refractivity (Wildman–Crippen MR) is 92.5 cm³/mol. The molecule has 0 aromatic heterocycles. The smallest absolute Gasteiger partial charge is 0.000960 e. The zero-order chi connectivity index (χ0) is 15.1. The summed E-state index contributed by atoms with van der Waals surface area (Å²) in [6, 6.07) is 0. The second-order valence-electron chi connectivity index (χ2n) is 6.64. The number of unbranched alkanes of at least 4 members (excludes halogenated alkanes) is 9. The van der Waals surface area contributed by atoms with Crippen molar-refractivity contribution in [1.82, 2.24) is 9.80 Å². The Morgan fingerprint density at radius 1 is 0.500 bits per heavy atom. The van der Waals surface area contributed by atoms with Gasteiger partial charge in [0, 0.05) is 0 Å². The van der Waals surface area contributed by atoms with Crippen LogP contribution in [0.4, 0.5) is 0 Å². The maximum absolute atomic E-state index is 2.49. The van der Waals surface area contributed by atoms with Gasteiger partial charge in [-0.15, -0.1) is 0 Å². The lowest BCUT2D eigenvalue weighted by Gasteiger charge is -2.17. The lowest BCUT2D eigenvalue weighted by molar-refractivity contribution is 0.294. The highest BCUT2D eigenvalue weighted by molar-refractivity contribution is 4.55. The van der Waals surface area contributed by atoms with Gasteiger partial charge in [0.25, 0.3) is 0 Å². The highest BCUT2D eigenvalue weighted by Gasteiger charge is 1.99. The van der Waals surface area contributed by atoms with Crippen molar-refractivity contribution < 1.29 is 0 Å². The van der Waals surface area contributed by atoms with E-state index in [0.29, 0.717) is 0 Å². The van der Waals surface area contributed by atoms with E-state index in [4.69, 9.17) is 0 Å². The van der Waals surface area contributed by atoms with E-state index in [1.54, 1.807) is 0 Å². The summed E-state index contributed by atoms with van der Waals surface area (Å²) in [7, 11) is 6.58. The number of nitrogens with zero attached hydrogens (tertiary/aromatic N) is 2. The number of hydrogen-bond donors (Lipinski definition) is 0. The second kappa shape index (κ2) is 15.3. The molecule has 0 aliphatic rings. The molecule has 0 atom stereocenters. The van der Waals surface area contributed by atoms with Crippen molar-refractivity contribution in [3.05, 3.63) is 0 Å². The van der Waals surface area contributed by atoms with Crippen molar-refractivity contribution in [3.8, 4) is 0 Å². The molecule has 0 aromatic rings. The van der Waals surface area contributed by atoms with E-state index in [-0.39, 0.29) is 0 Å². The molecule has 0 saturated heterocycles. The summed E-state index contributed by atoms with van der Waals surface area (Å²) in [5.41, 5.74) is 0. The van der Waals surface area contributed by atoms with Gasteiger partial charge in [-0.05, 0) is 53.6 Å². The van der Waals surface area contributed by atoms with E-state index in [2.05, 4.69) is 37.9 Å². The van der Waals surface area contributed by atoms with Crippen molar-refractivity contribution in [3.63, 3.8) is 0 Å². The van der Waals surface area contributed by atoms with Crippen LogP contribution in [-0.2, 0) is 0 Å². The summed E-state index contributed by atoms with van der Waals surface area (Å²) in [5.74, 6) is 0. The first-order valence-electron chi connectivity index (χ1n) is 9.00. The van der Waals surface area contributed by atoms with Gasteiger partial charge in [-0.25, -0.2) is 0 Å². The van der Waals surface area contributed by atoms with Gasteiger partial charge in [-0.2, -0.15) is 0 Å². The summed E-state index contributed by atoms with van der Waals surface area (Å²) < 4.78 is 0. The Bertz CT molecular complexity index is 180. The fourth-order valence-corrected chi connectivity index (χ4v) is 2.64. The Morgan fingerprint density at radius 3 is 1.45 bits per heavy atom. The maximum Gasteiger partial charge on any atom is -0.000960 e. The summed E-state index contributed by atoms with van der Waals surface area (Å²) in [5, 5.41) is 0. The van der Waals surface area contributed by atoms with Gasteiger partial charge in [0.2, 0.25) is 0 Å². The Labute approximate surface area is 128 Å². The molecule has 0 radical (unpaired) electrons. The average molecular weight is 285 g/mol. The molecule has 0 unspecified atom stereocenters. The zero-order valence-electron chi connectivity index (χ0n) is 14.8. The van der Waals surface area contributed by atoms with Crippen LogP contribution in [0.15, 0.2) is 0 Å². The number of rotatable bonds is 15. The molecule has 0 saturated carbocycles. The largest absolute Gasteiger partial charge is 0.309 e. The molecule has 0 spiro atoms. The maximum atomic E-state index is 2.49. The average Bonchev–Trinajstić information content (AvgIpc) is 2.40. The molecule has 0 fully saturated rings. The highest BCUT2D eigenvalue weighted by atomic mass is 15.1. The topological polar surface area (TPSA) is 6.48 Å². The van der Waals surface area contributed by atoms with Gasteiger partial charge in [-0.1, -0.05) is 64.7 Å². The van der Waals surface area contributed by atoms with Gasteiger partial charge in [0.15, 0.2) is 0 Å². The van der Waals surface area contributed by atoms with Crippen LogP contribution in [0, 0.1) is 0 Å². The normalized spacial score (nSPS) is 11.7. The monoisotopic (exact) mass is 284 g/mol. The molecule has 2 heteroatoms. The minimum Gasteiger partial charge on any atom is -0.309 e. The molecule has 20 heavy (non-hydrogen) atoms. The third-order valence-electron chi connectivity index (χ3n) is 4.04. The number of hydrogen-bond acceptors (Lipinski definition) is 2. The molecule has 0 bridgehead atoms. The van der Waals surface area contributed by atoms with Crippen LogP contribution in [-0.4, -0.2) is 50.6 Å². The van der Waals surface area contributed by atoms with E-state index >= 15 is 0 Å². The van der Waals surface area contributed by atoms with E-state index in [0.717, 1.165) is 0 Å². The van der Waals surface area contributed by atoms with Crippen LogP contribution < -0.4 is 0 Å². The van der Waals surface area contributed by atoms with Crippen LogP contribution in [0.3, 0.4) is 0 Å². The Hall–Kier alpha value is -0.0800. The van der Waals surface area contributed by atoms with Gasteiger partial charge in [-0.3, -0.25) is 0 Å². The van der Waals surface area contributed by atoms with Gasteiger partial charge in [0.1, 0.15) is 0 Å². The molecule has 0 aromatic carbocycles. The third-order valence-corrected chi connectivity index (χ3v) is 4.04. The molecular formula is C18H40N2. The van der Waals surface area contributed by atoms with Crippen LogP contribution in [0.2, 0.25) is 0 Å². The molecule has 0 N–H and O–H groups in total. The molecule has 0 amide bonds. The van der Waals surface area contributed by atoms with Gasteiger partial charge >= 0.3 is 0 Å². The van der Waals surface area contributed by atoms with Crippen LogP contribution in [0.1, 0.15) is 77.6 Å². The highest BCUT2D eigenvalue weighted by Crippen LogP contribution is 2.10. The minimum atomic E-state index is 1.21. The molecule has 0 rings (SSSR count). The lowest BCUT2D eigenvalue weighted by atomic mass is 10.1. The molecule has 0 aliphatic carbocycles. The first-order chi connectivity index (χ1) is 9.66. The van der Waals surface area contributed by atoms with Gasteiger partial charge < -0.3 is 9.80 Å². The van der Waals surface area contributed by atoms with Crippen molar-refractivity contribution in [2.75, 3.05) is 40.8 Å². The predicted octanol–water partition coefficient (Wildman–Crippen LogP) is 4.79. The van der Waals surface area contributed by atoms with E-state index < -0.39 is 0 Å². The summed E-state index contributed by atoms with van der Waals surface area (Å²) in [6.07, 6.45) is 15.6. The van der Waals surface area contributed by atoms with Crippen molar-refractivity contribution in [2.45, 2.75) is 77.6 Å².